The third-order valence-corrected chi connectivity index (χ3v) is 7.05. The van der Waals surface area contributed by atoms with Crippen LogP contribution in [0, 0.1) is 0 Å². The molecule has 1 aliphatic rings. The average Bonchev–Trinajstić information content (AvgIpc) is 3.69. The van der Waals surface area contributed by atoms with Crippen molar-refractivity contribution in [1.82, 2.24) is 39.9 Å². The molecule has 16 heteroatoms. The highest BCUT2D eigenvalue weighted by Gasteiger charge is 2.24. The minimum absolute atomic E-state index is 0.178. The van der Waals surface area contributed by atoms with Crippen molar-refractivity contribution in [2.24, 2.45) is 0 Å². The number of likely N-dealkylation sites (tertiary alicyclic amines) is 1. The van der Waals surface area contributed by atoms with Gasteiger partial charge in [0.05, 0.1) is 25.0 Å². The number of aliphatic hydroxyl groups is 1. The average molecular weight is 618 g/mol. The molecule has 0 radical (unpaired) electrons. The van der Waals surface area contributed by atoms with Crippen LogP contribution in [0.5, 0.6) is 0 Å². The highest BCUT2D eigenvalue weighted by molar-refractivity contribution is 5.85. The Morgan fingerprint density at radius 2 is 1.87 bits per heavy atom. The number of aromatic nitrogens is 5. The van der Waals surface area contributed by atoms with E-state index < -0.39 is 12.0 Å². The number of hydrogen-bond acceptors (Lipinski definition) is 12. The van der Waals surface area contributed by atoms with Crippen LogP contribution in [-0.2, 0) is 19.1 Å². The number of fused-ring (bicyclic) bond motifs is 1. The number of ether oxygens (including phenoxy) is 1. The van der Waals surface area contributed by atoms with Gasteiger partial charge in [-0.1, -0.05) is 0 Å². The van der Waals surface area contributed by atoms with E-state index in [0.29, 0.717) is 54.7 Å². The fourth-order valence-corrected chi connectivity index (χ4v) is 4.66. The van der Waals surface area contributed by atoms with Crippen molar-refractivity contribution < 1.29 is 24.2 Å². The largest absolute Gasteiger partial charge is 0.391 e. The van der Waals surface area contributed by atoms with Gasteiger partial charge in [-0.2, -0.15) is 0 Å². The van der Waals surface area contributed by atoms with E-state index in [1.54, 1.807) is 12.4 Å². The summed E-state index contributed by atoms with van der Waals surface area (Å²) in [4.78, 5) is 57.1. The minimum Gasteiger partial charge on any atom is -0.391 e. The Bertz CT molecular complexity index is 1650. The number of carbonyl (C=O) groups is 3. The smallest absolute Gasteiger partial charge is 0.246 e. The normalized spacial score (nSPS) is 14.4. The molecule has 0 bridgehead atoms. The molecular formula is C29H35N11O5. The summed E-state index contributed by atoms with van der Waals surface area (Å²) in [6.45, 7) is 0.832. The van der Waals surface area contributed by atoms with E-state index in [0.717, 1.165) is 11.4 Å². The number of benzene rings is 1. The lowest BCUT2D eigenvalue weighted by Crippen LogP contribution is -2.41. The van der Waals surface area contributed by atoms with Gasteiger partial charge >= 0.3 is 0 Å². The number of likely N-dealkylation sites (N-methyl/N-ethyl adjacent to an activating group) is 1. The molecule has 5 rings (SSSR count). The summed E-state index contributed by atoms with van der Waals surface area (Å²) >= 11 is 0. The zero-order valence-electron chi connectivity index (χ0n) is 24.7. The van der Waals surface area contributed by atoms with Crippen LogP contribution >= 0.6 is 0 Å². The monoisotopic (exact) mass is 617 g/mol. The van der Waals surface area contributed by atoms with Crippen LogP contribution in [0.15, 0.2) is 55.2 Å². The molecule has 0 spiro atoms. The van der Waals surface area contributed by atoms with Crippen molar-refractivity contribution in [2.45, 2.75) is 12.5 Å². The molecule has 3 aromatic heterocycles. The Morgan fingerprint density at radius 3 is 2.60 bits per heavy atom. The van der Waals surface area contributed by atoms with Gasteiger partial charge in [0.15, 0.2) is 11.5 Å². The van der Waals surface area contributed by atoms with Crippen LogP contribution in [0.4, 0.5) is 23.0 Å². The second-order valence-electron chi connectivity index (χ2n) is 10.5. The molecule has 0 saturated carbocycles. The topological polar surface area (TPSA) is 205 Å². The summed E-state index contributed by atoms with van der Waals surface area (Å²) in [7, 11) is 1.91. The fourth-order valence-electron chi connectivity index (χ4n) is 4.66. The maximum absolute atomic E-state index is 12.1. The summed E-state index contributed by atoms with van der Waals surface area (Å²) in [5, 5.41) is 18.0. The number of nitrogens with one attached hydrogen (secondary N) is 3. The Kier molecular flexibility index (Phi) is 9.96. The zero-order valence-corrected chi connectivity index (χ0v) is 24.7. The Labute approximate surface area is 258 Å². The molecule has 1 atom stereocenters. The molecular weight excluding hydrogens is 582 g/mol. The van der Waals surface area contributed by atoms with Crippen molar-refractivity contribution in [2.75, 3.05) is 68.9 Å². The van der Waals surface area contributed by atoms with Crippen molar-refractivity contribution >= 4 is 46.4 Å². The van der Waals surface area contributed by atoms with E-state index in [1.165, 1.54) is 11.1 Å². The van der Waals surface area contributed by atoms with E-state index >= 15 is 0 Å². The second-order valence-corrected chi connectivity index (χ2v) is 10.5. The summed E-state index contributed by atoms with van der Waals surface area (Å²) < 4.78 is 7.01. The van der Waals surface area contributed by atoms with Gasteiger partial charge in [0.2, 0.25) is 17.7 Å². The van der Waals surface area contributed by atoms with Crippen LogP contribution in [0.25, 0.3) is 17.0 Å². The van der Waals surface area contributed by atoms with Crippen LogP contribution in [0.3, 0.4) is 0 Å². The van der Waals surface area contributed by atoms with Gasteiger partial charge in [-0.15, -0.1) is 0 Å². The predicted molar refractivity (Wildman–Crippen MR) is 165 cm³/mol. The summed E-state index contributed by atoms with van der Waals surface area (Å²) in [6, 6.07) is 7.72. The molecule has 3 amide bonds. The second kappa shape index (κ2) is 14.4. The van der Waals surface area contributed by atoms with E-state index in [-0.39, 0.29) is 38.1 Å². The van der Waals surface area contributed by atoms with Crippen LogP contribution in [0.1, 0.15) is 6.42 Å². The van der Waals surface area contributed by atoms with Gasteiger partial charge < -0.3 is 45.7 Å². The summed E-state index contributed by atoms with van der Waals surface area (Å²) in [5.74, 6) is -0.282. The van der Waals surface area contributed by atoms with Crippen molar-refractivity contribution in [1.29, 1.82) is 0 Å². The summed E-state index contributed by atoms with van der Waals surface area (Å²) in [5.41, 5.74) is 9.31. The Hall–Kier alpha value is -5.35. The van der Waals surface area contributed by atoms with Crippen molar-refractivity contribution in [3.8, 4) is 11.4 Å². The first-order valence-electron chi connectivity index (χ1n) is 14.3. The number of β-amino-alcohol motifs (C(OH)–C–C–N with tert-alkyl or cyclic N) is 1. The van der Waals surface area contributed by atoms with Crippen molar-refractivity contribution in [3.05, 3.63) is 55.2 Å². The molecule has 1 unspecified atom stereocenters. The van der Waals surface area contributed by atoms with Crippen LogP contribution < -0.4 is 26.6 Å². The maximum Gasteiger partial charge on any atom is 0.246 e. The van der Waals surface area contributed by atoms with Crippen LogP contribution in [-0.4, -0.2) is 111 Å². The number of nitrogen functional groups attached to an aromatic ring is 1. The lowest BCUT2D eigenvalue weighted by atomic mass is 10.2. The number of aliphatic hydroxyl groups excluding tert-OH is 1. The quantitative estimate of drug-likeness (QED) is 0.132. The number of nitrogens with zero attached hydrogens (tertiary/aromatic N) is 7. The molecule has 6 N–H and O–H groups in total. The number of nitrogens with two attached hydrogens (primary N) is 1. The lowest BCUT2D eigenvalue weighted by molar-refractivity contribution is -0.135. The Balaban J connectivity index is 1.04. The number of hydrogen-bond donors (Lipinski definition) is 5. The summed E-state index contributed by atoms with van der Waals surface area (Å²) in [6.07, 6.45) is 8.40. The predicted octanol–water partition coefficient (Wildman–Crippen LogP) is -0.209. The fraction of sp³-hybridized carbons (Fsp3) is 0.345. The number of rotatable bonds is 13. The van der Waals surface area contributed by atoms with E-state index in [4.69, 9.17) is 15.5 Å². The van der Waals surface area contributed by atoms with E-state index in [2.05, 4.69) is 30.9 Å². The van der Waals surface area contributed by atoms with Crippen molar-refractivity contribution in [3.63, 3.8) is 0 Å². The molecule has 1 aromatic carbocycles. The molecule has 236 valence electrons. The molecule has 16 nitrogen and oxygen atoms in total. The highest BCUT2D eigenvalue weighted by atomic mass is 16.5. The third kappa shape index (κ3) is 8.39. The van der Waals surface area contributed by atoms with Crippen LogP contribution in [0.2, 0.25) is 0 Å². The molecule has 1 aliphatic heterocycles. The standard InChI is InChI=1S/C29H35N11O5/c1-38(10-7-32-25(42)17-45-18-26(43)34-14-27(44)39-9-6-21(41)15-39)20-4-2-19(3-5-20)35-28-29-33-8-11-40(29)16-23(37-28)22-12-31-13-24(30)36-22/h2-5,8,11-13,16,21,41H,6-7,9-10,14-15,17-18H2,1H3,(H2,30,36)(H,32,42)(H,34,43)(H,35,37). The maximum atomic E-state index is 12.1. The molecule has 1 saturated heterocycles. The first kappa shape index (κ1) is 31.1. The molecule has 0 aliphatic carbocycles. The lowest BCUT2D eigenvalue weighted by Gasteiger charge is -2.20. The molecule has 4 heterocycles. The number of carbonyl (C=O) groups excluding carboxylic acids is 3. The van der Waals surface area contributed by atoms with Gasteiger partial charge in [-0.05, 0) is 30.7 Å². The Morgan fingerprint density at radius 1 is 1.09 bits per heavy atom. The van der Waals surface area contributed by atoms with Gasteiger partial charge in [-0.25, -0.2) is 15.0 Å². The number of imidazole rings is 1. The minimum atomic E-state index is -0.519. The van der Waals surface area contributed by atoms with Gasteiger partial charge in [0.1, 0.15) is 30.4 Å². The first-order valence-corrected chi connectivity index (χ1v) is 14.3. The molecule has 45 heavy (non-hydrogen) atoms. The third-order valence-electron chi connectivity index (χ3n) is 7.05. The number of amides is 3. The first-order chi connectivity index (χ1) is 21.7. The molecule has 1 fully saturated rings. The SMILES string of the molecule is CN(CCNC(=O)COCC(=O)NCC(=O)N1CCC(O)C1)c1ccc(Nc2nc(-c3cncc(N)n3)cn3ccnc23)cc1. The molecule has 4 aromatic rings. The van der Waals surface area contributed by atoms with Gasteiger partial charge in [0, 0.05) is 63.2 Å². The van der Waals surface area contributed by atoms with E-state index in [9.17, 15) is 19.5 Å². The van der Waals surface area contributed by atoms with E-state index in [1.807, 2.05) is 53.0 Å². The number of anilines is 4. The van der Waals surface area contributed by atoms with Gasteiger partial charge in [-0.3, -0.25) is 19.4 Å². The highest BCUT2D eigenvalue weighted by Crippen LogP contribution is 2.25. The zero-order chi connectivity index (χ0) is 31.8. The van der Waals surface area contributed by atoms with Gasteiger partial charge in [0.25, 0.3) is 0 Å².